The Kier molecular flexibility index (Phi) is 4.82. The van der Waals surface area contributed by atoms with Gasteiger partial charge in [-0.05, 0) is 32.0 Å². The summed E-state index contributed by atoms with van der Waals surface area (Å²) in [6.07, 6.45) is 6.31. The number of piperazine rings is 1. The van der Waals surface area contributed by atoms with Crippen LogP contribution in [-0.4, -0.2) is 63.6 Å². The van der Waals surface area contributed by atoms with Crippen molar-refractivity contribution in [1.82, 2.24) is 29.0 Å². The lowest BCUT2D eigenvalue weighted by Gasteiger charge is -2.34. The lowest BCUT2D eigenvalue weighted by molar-refractivity contribution is 0.383. The normalized spacial score (nSPS) is 15.7. The third-order valence-corrected chi connectivity index (χ3v) is 6.55. The molecule has 4 heterocycles. The van der Waals surface area contributed by atoms with Crippen LogP contribution in [0.5, 0.6) is 0 Å². The summed E-state index contributed by atoms with van der Waals surface area (Å²) < 4.78 is 28.7. The van der Waals surface area contributed by atoms with Gasteiger partial charge in [0.15, 0.2) is 5.82 Å². The highest BCUT2D eigenvalue weighted by atomic mass is 32.2. The molecule has 1 aliphatic rings. The summed E-state index contributed by atoms with van der Waals surface area (Å²) in [6, 6.07) is 5.18. The fourth-order valence-corrected chi connectivity index (χ4v) is 4.65. The van der Waals surface area contributed by atoms with Gasteiger partial charge in [0.1, 0.15) is 10.7 Å². The van der Waals surface area contributed by atoms with Crippen molar-refractivity contribution in [3.8, 4) is 5.82 Å². The largest absolute Gasteiger partial charge is 0.353 e. The molecule has 0 aromatic carbocycles. The molecule has 0 unspecified atom stereocenters. The van der Waals surface area contributed by atoms with E-state index in [2.05, 4.69) is 20.1 Å². The van der Waals surface area contributed by atoms with Crippen LogP contribution in [0.2, 0.25) is 0 Å². The molecule has 4 rings (SSSR count). The van der Waals surface area contributed by atoms with E-state index in [1.165, 1.54) is 10.5 Å². The number of aryl methyl sites for hydroxylation is 2. The molecule has 0 bridgehead atoms. The van der Waals surface area contributed by atoms with Crippen LogP contribution in [0.25, 0.3) is 5.82 Å². The number of anilines is 1. The summed E-state index contributed by atoms with van der Waals surface area (Å²) in [7, 11) is -3.53. The van der Waals surface area contributed by atoms with Crippen LogP contribution in [0.3, 0.4) is 0 Å². The molecular formula is C18H21N7O2S. The summed E-state index contributed by atoms with van der Waals surface area (Å²) >= 11 is 0. The summed E-state index contributed by atoms with van der Waals surface area (Å²) in [5.74, 6) is 1.36. The molecule has 0 spiro atoms. The van der Waals surface area contributed by atoms with Gasteiger partial charge in [0, 0.05) is 44.3 Å². The van der Waals surface area contributed by atoms with Gasteiger partial charge in [0.25, 0.3) is 0 Å². The minimum Gasteiger partial charge on any atom is -0.353 e. The van der Waals surface area contributed by atoms with Gasteiger partial charge in [-0.2, -0.15) is 9.40 Å². The third-order valence-electron chi connectivity index (χ3n) is 4.67. The SMILES string of the molecule is Cc1cc(C)n(-c2cncc(N3CCN(S(=O)(=O)c4cccnc4)CC3)n2)n1. The van der Waals surface area contributed by atoms with Crippen LogP contribution in [0.4, 0.5) is 5.82 Å². The van der Waals surface area contributed by atoms with Crippen molar-refractivity contribution in [1.29, 1.82) is 0 Å². The van der Waals surface area contributed by atoms with Crippen molar-refractivity contribution in [2.75, 3.05) is 31.1 Å². The van der Waals surface area contributed by atoms with E-state index >= 15 is 0 Å². The molecule has 1 fully saturated rings. The highest BCUT2D eigenvalue weighted by Crippen LogP contribution is 2.20. The van der Waals surface area contributed by atoms with Gasteiger partial charge in [-0.3, -0.25) is 9.97 Å². The Bertz CT molecular complexity index is 1070. The van der Waals surface area contributed by atoms with E-state index in [1.807, 2.05) is 24.8 Å². The summed E-state index contributed by atoms with van der Waals surface area (Å²) in [5, 5.41) is 4.45. The maximum absolute atomic E-state index is 12.7. The minimum absolute atomic E-state index is 0.217. The third kappa shape index (κ3) is 3.48. The fraction of sp³-hybridized carbons (Fsp3) is 0.333. The number of hydrogen-bond acceptors (Lipinski definition) is 7. The van der Waals surface area contributed by atoms with Crippen LogP contribution in [-0.2, 0) is 10.0 Å². The van der Waals surface area contributed by atoms with Crippen molar-refractivity contribution >= 4 is 15.8 Å². The summed E-state index contributed by atoms with van der Waals surface area (Å²) in [5.41, 5.74) is 1.90. The van der Waals surface area contributed by atoms with Gasteiger partial charge in [-0.25, -0.2) is 18.1 Å². The van der Waals surface area contributed by atoms with Gasteiger partial charge in [-0.15, -0.1) is 0 Å². The Balaban J connectivity index is 1.50. The summed E-state index contributed by atoms with van der Waals surface area (Å²) in [6.45, 7) is 5.73. The number of sulfonamides is 1. The van der Waals surface area contributed by atoms with Crippen molar-refractivity contribution < 1.29 is 8.42 Å². The first-order valence-corrected chi connectivity index (χ1v) is 10.4. The Morgan fingerprint density at radius 1 is 0.964 bits per heavy atom. The van der Waals surface area contributed by atoms with E-state index in [1.54, 1.807) is 35.4 Å². The van der Waals surface area contributed by atoms with E-state index in [-0.39, 0.29) is 4.90 Å². The van der Waals surface area contributed by atoms with Crippen molar-refractivity contribution in [3.63, 3.8) is 0 Å². The molecule has 9 nitrogen and oxygen atoms in total. The fourth-order valence-electron chi connectivity index (χ4n) is 3.27. The van der Waals surface area contributed by atoms with Gasteiger partial charge in [-0.1, -0.05) is 0 Å². The molecular weight excluding hydrogens is 378 g/mol. The quantitative estimate of drug-likeness (QED) is 0.650. The van der Waals surface area contributed by atoms with Gasteiger partial charge >= 0.3 is 0 Å². The van der Waals surface area contributed by atoms with Gasteiger partial charge < -0.3 is 4.90 Å². The number of nitrogens with zero attached hydrogens (tertiary/aromatic N) is 7. The van der Waals surface area contributed by atoms with E-state index in [4.69, 9.17) is 0 Å². The lowest BCUT2D eigenvalue weighted by atomic mass is 10.3. The Morgan fingerprint density at radius 2 is 1.71 bits per heavy atom. The number of pyridine rings is 1. The predicted octanol–water partition coefficient (Wildman–Crippen LogP) is 1.19. The molecule has 3 aromatic heterocycles. The molecule has 3 aromatic rings. The molecule has 1 saturated heterocycles. The molecule has 0 atom stereocenters. The van der Waals surface area contributed by atoms with Crippen LogP contribution >= 0.6 is 0 Å². The predicted molar refractivity (Wildman–Crippen MR) is 104 cm³/mol. The van der Waals surface area contributed by atoms with Crippen molar-refractivity contribution in [2.45, 2.75) is 18.7 Å². The monoisotopic (exact) mass is 399 g/mol. The number of aromatic nitrogens is 5. The van der Waals surface area contributed by atoms with E-state index < -0.39 is 10.0 Å². The summed E-state index contributed by atoms with van der Waals surface area (Å²) in [4.78, 5) is 15.1. The zero-order valence-electron chi connectivity index (χ0n) is 15.7. The van der Waals surface area contributed by atoms with Gasteiger partial charge in [0.2, 0.25) is 10.0 Å². The second-order valence-electron chi connectivity index (χ2n) is 6.65. The molecule has 28 heavy (non-hydrogen) atoms. The first-order chi connectivity index (χ1) is 13.4. The molecule has 0 N–H and O–H groups in total. The lowest BCUT2D eigenvalue weighted by Crippen LogP contribution is -2.49. The second-order valence-corrected chi connectivity index (χ2v) is 8.59. The van der Waals surface area contributed by atoms with Crippen molar-refractivity contribution in [2.24, 2.45) is 0 Å². The molecule has 1 aliphatic heterocycles. The highest BCUT2D eigenvalue weighted by molar-refractivity contribution is 7.89. The van der Waals surface area contributed by atoms with E-state index in [0.717, 1.165) is 11.4 Å². The molecule has 146 valence electrons. The zero-order valence-corrected chi connectivity index (χ0v) is 16.5. The molecule has 0 radical (unpaired) electrons. The van der Waals surface area contributed by atoms with Gasteiger partial charge in [0.05, 0.1) is 18.1 Å². The highest BCUT2D eigenvalue weighted by Gasteiger charge is 2.29. The molecule has 0 amide bonds. The number of rotatable bonds is 4. The molecule has 0 aliphatic carbocycles. The molecule has 10 heteroatoms. The van der Waals surface area contributed by atoms with Crippen LogP contribution in [0.15, 0.2) is 47.9 Å². The first-order valence-electron chi connectivity index (χ1n) is 8.96. The average Bonchev–Trinajstić information content (AvgIpc) is 3.07. The van der Waals surface area contributed by atoms with Crippen LogP contribution < -0.4 is 4.90 Å². The van der Waals surface area contributed by atoms with E-state index in [9.17, 15) is 8.42 Å². The topological polar surface area (TPSA) is 97.1 Å². The smallest absolute Gasteiger partial charge is 0.244 e. The average molecular weight is 399 g/mol. The Hall–Kier alpha value is -2.85. The van der Waals surface area contributed by atoms with Crippen LogP contribution in [0.1, 0.15) is 11.4 Å². The van der Waals surface area contributed by atoms with E-state index in [0.29, 0.717) is 37.8 Å². The standard InChI is InChI=1S/C18H21N7O2S/c1-14-10-15(2)25(22-14)18-13-20-12-17(21-18)23-6-8-24(9-7-23)28(26,27)16-4-3-5-19-11-16/h3-5,10-13H,6-9H2,1-2H3. The zero-order chi connectivity index (χ0) is 19.7. The number of hydrogen-bond donors (Lipinski definition) is 0. The minimum atomic E-state index is -3.53. The Morgan fingerprint density at radius 3 is 2.36 bits per heavy atom. The Labute approximate surface area is 163 Å². The molecule has 0 saturated carbocycles. The van der Waals surface area contributed by atoms with Crippen LogP contribution in [0, 0.1) is 13.8 Å². The maximum atomic E-state index is 12.7. The first kappa shape index (κ1) is 18.5. The second kappa shape index (κ2) is 7.28. The van der Waals surface area contributed by atoms with Crippen molar-refractivity contribution in [3.05, 3.63) is 54.4 Å². The maximum Gasteiger partial charge on any atom is 0.244 e.